The number of hydrogen-bond acceptors (Lipinski definition) is 4. The molecule has 146 valence electrons. The molecule has 0 aromatic carbocycles. The first-order chi connectivity index (χ1) is 11.5. The lowest BCUT2D eigenvalue weighted by atomic mass is 10.4. The Bertz CT molecular complexity index is 497. The number of hydrogen-bond donors (Lipinski definition) is 2. The smallest absolute Gasteiger partial charge is 0.381 e. The van der Waals surface area contributed by atoms with Gasteiger partial charge in [-0.1, -0.05) is 13.3 Å². The van der Waals surface area contributed by atoms with Crippen molar-refractivity contribution in [3.05, 3.63) is 16.1 Å². The average Bonchev–Trinajstić information content (AvgIpc) is 3.01. The van der Waals surface area contributed by atoms with Gasteiger partial charge in [-0.2, -0.15) is 13.2 Å². The molecule has 0 amide bonds. The number of thiazole rings is 1. The van der Waals surface area contributed by atoms with E-state index >= 15 is 0 Å². The van der Waals surface area contributed by atoms with E-state index in [-0.39, 0.29) is 24.0 Å². The molecule has 25 heavy (non-hydrogen) atoms. The number of rotatable bonds is 10. The highest BCUT2D eigenvalue weighted by Crippen LogP contribution is 2.29. The summed E-state index contributed by atoms with van der Waals surface area (Å²) in [5.41, 5.74) is -0.826. The molecule has 0 bridgehead atoms. The molecule has 2 N–H and O–H groups in total. The van der Waals surface area contributed by atoms with Gasteiger partial charge in [0.1, 0.15) is 0 Å². The van der Waals surface area contributed by atoms with E-state index in [1.54, 1.807) is 7.05 Å². The minimum Gasteiger partial charge on any atom is -0.381 e. The molecular weight excluding hydrogens is 468 g/mol. The SMILES string of the molecule is CCCCOCCCNC(=NC)NCCc1nc(C(F)(F)F)cs1.I. The fraction of sp³-hybridized carbons (Fsp3) is 0.733. The summed E-state index contributed by atoms with van der Waals surface area (Å²) in [4.78, 5) is 7.66. The summed E-state index contributed by atoms with van der Waals surface area (Å²) in [6.45, 7) is 4.80. The Morgan fingerprint density at radius 2 is 1.92 bits per heavy atom. The summed E-state index contributed by atoms with van der Waals surface area (Å²) in [7, 11) is 1.65. The first-order valence-electron chi connectivity index (χ1n) is 8.01. The molecule has 0 radical (unpaired) electrons. The number of halogens is 4. The molecule has 1 aromatic heterocycles. The summed E-state index contributed by atoms with van der Waals surface area (Å²) in [6, 6.07) is 0. The van der Waals surface area contributed by atoms with Crippen molar-refractivity contribution in [3.8, 4) is 0 Å². The van der Waals surface area contributed by atoms with Crippen LogP contribution < -0.4 is 10.6 Å². The zero-order valence-electron chi connectivity index (χ0n) is 14.5. The third-order valence-corrected chi connectivity index (χ3v) is 4.01. The van der Waals surface area contributed by atoms with Crippen LogP contribution in [0.1, 0.15) is 36.9 Å². The number of nitrogens with one attached hydrogen (secondary N) is 2. The molecular formula is C15H26F3IN4OS. The standard InChI is InChI=1S/C15H25F3N4OS.HI/c1-3-4-9-23-10-5-7-20-14(19-2)21-8-6-13-22-12(11-24-13)15(16,17)18;/h11H,3-10H2,1-2H3,(H2,19,20,21);1H. The second kappa shape index (κ2) is 13.6. The van der Waals surface area contributed by atoms with E-state index in [1.807, 2.05) is 0 Å². The fourth-order valence-corrected chi connectivity index (χ4v) is 2.60. The number of aliphatic imine (C=N–C) groups is 1. The molecule has 0 atom stereocenters. The van der Waals surface area contributed by atoms with Gasteiger partial charge in [-0.3, -0.25) is 4.99 Å². The van der Waals surface area contributed by atoms with Crippen LogP contribution in [0.25, 0.3) is 0 Å². The Balaban J connectivity index is 0.00000576. The van der Waals surface area contributed by atoms with Crippen molar-refractivity contribution in [2.45, 2.75) is 38.8 Å². The number of ether oxygens (including phenoxy) is 1. The van der Waals surface area contributed by atoms with Crippen molar-refractivity contribution in [1.82, 2.24) is 15.6 Å². The number of guanidine groups is 1. The van der Waals surface area contributed by atoms with Gasteiger partial charge < -0.3 is 15.4 Å². The fourth-order valence-electron chi connectivity index (χ4n) is 1.79. The van der Waals surface area contributed by atoms with Crippen LogP contribution in [-0.2, 0) is 17.3 Å². The van der Waals surface area contributed by atoms with E-state index < -0.39 is 11.9 Å². The Kier molecular flexibility index (Phi) is 13.2. The molecule has 0 saturated carbocycles. The normalized spacial score (nSPS) is 12.0. The number of alkyl halides is 3. The van der Waals surface area contributed by atoms with Gasteiger partial charge in [0.15, 0.2) is 11.7 Å². The summed E-state index contributed by atoms with van der Waals surface area (Å²) in [5.74, 6) is 0.621. The van der Waals surface area contributed by atoms with Crippen LogP contribution in [0.2, 0.25) is 0 Å². The molecule has 0 aliphatic heterocycles. The first-order valence-corrected chi connectivity index (χ1v) is 8.89. The van der Waals surface area contributed by atoms with E-state index in [2.05, 4.69) is 27.5 Å². The third-order valence-electron chi connectivity index (χ3n) is 3.10. The quantitative estimate of drug-likeness (QED) is 0.226. The van der Waals surface area contributed by atoms with Gasteiger partial charge in [0.05, 0.1) is 5.01 Å². The van der Waals surface area contributed by atoms with E-state index in [9.17, 15) is 13.2 Å². The van der Waals surface area contributed by atoms with E-state index in [4.69, 9.17) is 4.74 Å². The first kappa shape index (κ1) is 24.4. The largest absolute Gasteiger partial charge is 0.434 e. The molecule has 0 fully saturated rings. The van der Waals surface area contributed by atoms with E-state index in [1.165, 1.54) is 0 Å². The van der Waals surface area contributed by atoms with Crippen LogP contribution in [0.5, 0.6) is 0 Å². The lowest BCUT2D eigenvalue weighted by Crippen LogP contribution is -2.39. The molecule has 0 saturated heterocycles. The Labute approximate surface area is 167 Å². The third kappa shape index (κ3) is 10.9. The molecule has 1 heterocycles. The monoisotopic (exact) mass is 494 g/mol. The molecule has 0 spiro atoms. The predicted molar refractivity (Wildman–Crippen MR) is 106 cm³/mol. The van der Waals surface area contributed by atoms with Crippen molar-refractivity contribution in [2.75, 3.05) is 33.4 Å². The van der Waals surface area contributed by atoms with Crippen LogP contribution in [0.4, 0.5) is 13.2 Å². The molecule has 1 rings (SSSR count). The van der Waals surface area contributed by atoms with E-state index in [0.717, 1.165) is 49.1 Å². The molecule has 5 nitrogen and oxygen atoms in total. The van der Waals surface area contributed by atoms with Crippen molar-refractivity contribution < 1.29 is 17.9 Å². The summed E-state index contributed by atoms with van der Waals surface area (Å²) < 4.78 is 42.9. The van der Waals surface area contributed by atoms with Gasteiger partial charge in [-0.15, -0.1) is 35.3 Å². The highest BCUT2D eigenvalue weighted by atomic mass is 127. The Hall–Kier alpha value is -0.620. The second-order valence-corrected chi connectivity index (χ2v) is 6.06. The van der Waals surface area contributed by atoms with Gasteiger partial charge in [0.25, 0.3) is 0 Å². The second-order valence-electron chi connectivity index (χ2n) is 5.12. The van der Waals surface area contributed by atoms with Crippen LogP contribution in [0.15, 0.2) is 10.4 Å². The van der Waals surface area contributed by atoms with Crippen molar-refractivity contribution in [1.29, 1.82) is 0 Å². The Morgan fingerprint density at radius 1 is 1.24 bits per heavy atom. The summed E-state index contributed by atoms with van der Waals surface area (Å²) >= 11 is 1.02. The average molecular weight is 494 g/mol. The topological polar surface area (TPSA) is 58.5 Å². The molecule has 10 heteroatoms. The maximum Gasteiger partial charge on any atom is 0.434 e. The van der Waals surface area contributed by atoms with Crippen LogP contribution >= 0.6 is 35.3 Å². The Morgan fingerprint density at radius 3 is 2.52 bits per heavy atom. The number of aromatic nitrogens is 1. The van der Waals surface area contributed by atoms with Crippen LogP contribution in [0.3, 0.4) is 0 Å². The highest BCUT2D eigenvalue weighted by molar-refractivity contribution is 14.0. The predicted octanol–water partition coefficient (Wildman–Crippen LogP) is 3.69. The zero-order chi connectivity index (χ0) is 17.8. The van der Waals surface area contributed by atoms with Crippen molar-refractivity contribution in [3.63, 3.8) is 0 Å². The van der Waals surface area contributed by atoms with Gasteiger partial charge in [-0.25, -0.2) is 4.98 Å². The number of unbranched alkanes of at least 4 members (excludes halogenated alkanes) is 1. The van der Waals surface area contributed by atoms with E-state index in [0.29, 0.717) is 30.5 Å². The number of nitrogens with zero attached hydrogens (tertiary/aromatic N) is 2. The lowest BCUT2D eigenvalue weighted by Gasteiger charge is -2.11. The van der Waals surface area contributed by atoms with Crippen LogP contribution in [-0.4, -0.2) is 44.3 Å². The molecule has 0 aliphatic rings. The minimum atomic E-state index is -4.38. The summed E-state index contributed by atoms with van der Waals surface area (Å²) in [6.07, 6.45) is -0.895. The lowest BCUT2D eigenvalue weighted by molar-refractivity contribution is -0.140. The molecule has 0 unspecified atom stereocenters. The van der Waals surface area contributed by atoms with Gasteiger partial charge >= 0.3 is 6.18 Å². The minimum absolute atomic E-state index is 0. The van der Waals surface area contributed by atoms with Crippen molar-refractivity contribution >= 4 is 41.3 Å². The van der Waals surface area contributed by atoms with Crippen LogP contribution in [0, 0.1) is 0 Å². The maximum atomic E-state index is 12.5. The molecule has 0 aliphatic carbocycles. The van der Waals surface area contributed by atoms with Gasteiger partial charge in [0.2, 0.25) is 0 Å². The molecule has 1 aromatic rings. The van der Waals surface area contributed by atoms with Crippen molar-refractivity contribution in [2.24, 2.45) is 4.99 Å². The van der Waals surface area contributed by atoms with Gasteiger partial charge in [-0.05, 0) is 12.8 Å². The maximum absolute atomic E-state index is 12.5. The zero-order valence-corrected chi connectivity index (χ0v) is 17.6. The highest BCUT2D eigenvalue weighted by Gasteiger charge is 2.33. The van der Waals surface area contributed by atoms with Gasteiger partial charge in [0, 0.05) is 45.2 Å². The summed E-state index contributed by atoms with van der Waals surface area (Å²) in [5, 5.41) is 7.69.